The van der Waals surface area contributed by atoms with E-state index in [1.165, 1.54) is 11.1 Å². The summed E-state index contributed by atoms with van der Waals surface area (Å²) < 4.78 is 0. The normalized spacial score (nSPS) is 14.4. The van der Waals surface area contributed by atoms with Gasteiger partial charge in [-0.1, -0.05) is 32.9 Å². The summed E-state index contributed by atoms with van der Waals surface area (Å²) in [5.41, 5.74) is 4.14. The van der Waals surface area contributed by atoms with Crippen LogP contribution in [0.2, 0.25) is 0 Å². The number of aliphatic imine (C=N–C) groups is 1. The molecule has 1 aliphatic heterocycles. The van der Waals surface area contributed by atoms with Crippen LogP contribution >= 0.6 is 0 Å². The second-order valence-corrected chi connectivity index (χ2v) is 4.90. The molecule has 0 atom stereocenters. The van der Waals surface area contributed by atoms with Crippen molar-refractivity contribution in [1.29, 1.82) is 5.26 Å². The van der Waals surface area contributed by atoms with Gasteiger partial charge < -0.3 is 0 Å². The van der Waals surface area contributed by atoms with E-state index in [2.05, 4.69) is 50.0 Å². The Morgan fingerprint density at radius 1 is 1.33 bits per heavy atom. The molecule has 1 aromatic rings. The average Bonchev–Trinajstić information content (AvgIpc) is 2.57. The van der Waals surface area contributed by atoms with E-state index < -0.39 is 0 Å². The minimum absolute atomic E-state index is 0.123. The number of rotatable bonds is 0. The summed E-state index contributed by atoms with van der Waals surface area (Å²) in [7, 11) is 0. The van der Waals surface area contributed by atoms with E-state index in [1.54, 1.807) is 0 Å². The van der Waals surface area contributed by atoms with Gasteiger partial charge >= 0.3 is 0 Å². The van der Waals surface area contributed by atoms with E-state index in [0.29, 0.717) is 12.3 Å². The molecule has 0 unspecified atom stereocenters. The first kappa shape index (κ1) is 9.92. The maximum absolute atomic E-state index is 8.93. The van der Waals surface area contributed by atoms with Crippen LogP contribution in [-0.2, 0) is 12.0 Å². The number of nitriles is 1. The molecular formula is C13H14N2. The maximum Gasteiger partial charge on any atom is 0.143 e. The van der Waals surface area contributed by atoms with Gasteiger partial charge in [0.15, 0.2) is 0 Å². The molecule has 0 saturated heterocycles. The lowest BCUT2D eigenvalue weighted by molar-refractivity contribution is 0.590. The second kappa shape index (κ2) is 3.20. The minimum atomic E-state index is 0.123. The van der Waals surface area contributed by atoms with Crippen molar-refractivity contribution in [2.75, 3.05) is 0 Å². The van der Waals surface area contributed by atoms with Crippen LogP contribution in [-0.4, -0.2) is 5.71 Å². The Balaban J connectivity index is 2.52. The van der Waals surface area contributed by atoms with Gasteiger partial charge in [-0.3, -0.25) is 4.99 Å². The van der Waals surface area contributed by atoms with E-state index >= 15 is 0 Å². The SMILES string of the molecule is CC(C)(C)c1ccc2c(c1)C(C#N)=NC2. The monoisotopic (exact) mass is 198 g/mol. The smallest absolute Gasteiger partial charge is 0.143 e. The van der Waals surface area contributed by atoms with Gasteiger partial charge in [-0.05, 0) is 22.6 Å². The Bertz CT molecular complexity index is 470. The molecule has 0 bridgehead atoms. The zero-order valence-electron chi connectivity index (χ0n) is 9.33. The summed E-state index contributed by atoms with van der Waals surface area (Å²) in [6.07, 6.45) is 0. The van der Waals surface area contributed by atoms with Gasteiger partial charge in [0.1, 0.15) is 11.8 Å². The molecule has 1 aromatic carbocycles. The predicted octanol–water partition coefficient (Wildman–Crippen LogP) is 2.81. The summed E-state index contributed by atoms with van der Waals surface area (Å²) in [5.74, 6) is 0. The van der Waals surface area contributed by atoms with Crippen molar-refractivity contribution in [2.45, 2.75) is 32.7 Å². The maximum atomic E-state index is 8.93. The molecule has 0 saturated carbocycles. The van der Waals surface area contributed by atoms with Gasteiger partial charge in [-0.2, -0.15) is 5.26 Å². The van der Waals surface area contributed by atoms with Crippen molar-refractivity contribution >= 4 is 5.71 Å². The van der Waals surface area contributed by atoms with Crippen LogP contribution in [0.25, 0.3) is 0 Å². The van der Waals surface area contributed by atoms with Crippen LogP contribution < -0.4 is 0 Å². The minimum Gasteiger partial charge on any atom is -0.269 e. The molecule has 0 amide bonds. The fourth-order valence-corrected chi connectivity index (χ4v) is 1.75. The number of benzene rings is 1. The quantitative estimate of drug-likeness (QED) is 0.631. The third kappa shape index (κ3) is 1.66. The Hall–Kier alpha value is -1.62. The lowest BCUT2D eigenvalue weighted by atomic mass is 9.85. The molecular weight excluding hydrogens is 184 g/mol. The van der Waals surface area contributed by atoms with Gasteiger partial charge in [-0.15, -0.1) is 0 Å². The first-order chi connectivity index (χ1) is 7.02. The van der Waals surface area contributed by atoms with Gasteiger partial charge in [0.25, 0.3) is 0 Å². The standard InChI is InChI=1S/C13H14N2/c1-13(2,3)10-5-4-9-8-15-12(7-14)11(9)6-10/h4-6H,8H2,1-3H3. The van der Waals surface area contributed by atoms with E-state index in [9.17, 15) is 0 Å². The van der Waals surface area contributed by atoms with Crippen LogP contribution in [0.15, 0.2) is 23.2 Å². The zero-order valence-corrected chi connectivity index (χ0v) is 9.33. The fourth-order valence-electron chi connectivity index (χ4n) is 1.75. The van der Waals surface area contributed by atoms with Crippen molar-refractivity contribution in [3.05, 3.63) is 34.9 Å². The van der Waals surface area contributed by atoms with Gasteiger partial charge in [0.2, 0.25) is 0 Å². The van der Waals surface area contributed by atoms with Crippen LogP contribution in [0.3, 0.4) is 0 Å². The van der Waals surface area contributed by atoms with E-state index in [4.69, 9.17) is 5.26 Å². The zero-order chi connectivity index (χ0) is 11.1. The Kier molecular flexibility index (Phi) is 2.12. The van der Waals surface area contributed by atoms with Crippen LogP contribution in [0.5, 0.6) is 0 Å². The van der Waals surface area contributed by atoms with Gasteiger partial charge in [-0.25, -0.2) is 0 Å². The van der Waals surface area contributed by atoms with E-state index in [-0.39, 0.29) is 5.41 Å². The lowest BCUT2D eigenvalue weighted by Crippen LogP contribution is -2.12. The highest BCUT2D eigenvalue weighted by molar-refractivity contribution is 6.14. The predicted molar refractivity (Wildman–Crippen MR) is 61.0 cm³/mol. The van der Waals surface area contributed by atoms with E-state index in [0.717, 1.165) is 5.56 Å². The molecule has 2 rings (SSSR count). The van der Waals surface area contributed by atoms with Gasteiger partial charge in [0, 0.05) is 5.56 Å². The molecule has 2 heteroatoms. The largest absolute Gasteiger partial charge is 0.269 e. The topological polar surface area (TPSA) is 36.1 Å². The Morgan fingerprint density at radius 3 is 2.67 bits per heavy atom. The summed E-state index contributed by atoms with van der Waals surface area (Å²) >= 11 is 0. The second-order valence-electron chi connectivity index (χ2n) is 4.90. The summed E-state index contributed by atoms with van der Waals surface area (Å²) in [4.78, 5) is 4.20. The van der Waals surface area contributed by atoms with Crippen molar-refractivity contribution in [2.24, 2.45) is 4.99 Å². The molecule has 1 aliphatic rings. The number of fused-ring (bicyclic) bond motifs is 1. The van der Waals surface area contributed by atoms with Crippen LogP contribution in [0.4, 0.5) is 0 Å². The fraction of sp³-hybridized carbons (Fsp3) is 0.385. The molecule has 1 heterocycles. The van der Waals surface area contributed by atoms with Crippen molar-refractivity contribution < 1.29 is 0 Å². The average molecular weight is 198 g/mol. The molecule has 15 heavy (non-hydrogen) atoms. The van der Waals surface area contributed by atoms with Crippen molar-refractivity contribution in [1.82, 2.24) is 0 Å². The first-order valence-corrected chi connectivity index (χ1v) is 5.11. The van der Waals surface area contributed by atoms with Crippen LogP contribution in [0, 0.1) is 11.3 Å². The Labute approximate surface area is 90.3 Å². The lowest BCUT2D eigenvalue weighted by Gasteiger charge is -2.19. The third-order valence-corrected chi connectivity index (χ3v) is 2.74. The number of nitrogens with zero attached hydrogens (tertiary/aromatic N) is 2. The molecule has 0 radical (unpaired) electrons. The highest BCUT2D eigenvalue weighted by Gasteiger charge is 2.20. The highest BCUT2D eigenvalue weighted by atomic mass is 14.8. The summed E-state index contributed by atoms with van der Waals surface area (Å²) in [5, 5.41) is 8.93. The van der Waals surface area contributed by atoms with Crippen LogP contribution in [0.1, 0.15) is 37.5 Å². The number of hydrogen-bond donors (Lipinski definition) is 0. The molecule has 0 aromatic heterocycles. The highest BCUT2D eigenvalue weighted by Crippen LogP contribution is 2.27. The molecule has 0 fully saturated rings. The third-order valence-electron chi connectivity index (χ3n) is 2.74. The summed E-state index contributed by atoms with van der Waals surface area (Å²) in [6.45, 7) is 7.18. The van der Waals surface area contributed by atoms with Crippen molar-refractivity contribution in [3.8, 4) is 6.07 Å². The van der Waals surface area contributed by atoms with E-state index in [1.807, 2.05) is 0 Å². The Morgan fingerprint density at radius 2 is 2.07 bits per heavy atom. The number of hydrogen-bond acceptors (Lipinski definition) is 2. The molecule has 0 spiro atoms. The molecule has 76 valence electrons. The summed E-state index contributed by atoms with van der Waals surface area (Å²) in [6, 6.07) is 8.47. The van der Waals surface area contributed by atoms with Crippen molar-refractivity contribution in [3.63, 3.8) is 0 Å². The molecule has 2 nitrogen and oxygen atoms in total. The van der Waals surface area contributed by atoms with Gasteiger partial charge in [0.05, 0.1) is 6.54 Å². The molecule has 0 N–H and O–H groups in total. The molecule has 0 aliphatic carbocycles. The first-order valence-electron chi connectivity index (χ1n) is 5.11.